The van der Waals surface area contributed by atoms with E-state index in [0.717, 1.165) is 60.4 Å². The molecule has 2 aromatic heterocycles. The van der Waals surface area contributed by atoms with Gasteiger partial charge in [-0.2, -0.15) is 0 Å². The lowest BCUT2D eigenvalue weighted by Crippen LogP contribution is -2.33. The molecular formula is C28H35Cl3N6O4. The first-order chi connectivity index (χ1) is 19.4. The van der Waals surface area contributed by atoms with Crippen LogP contribution in [0.25, 0.3) is 22.5 Å². The molecule has 3 N–H and O–H groups in total. The maximum absolute atomic E-state index is 12.5. The number of hydrogen-bond acceptors (Lipinski definition) is 6. The number of amides is 2. The Morgan fingerprint density at radius 2 is 1.68 bits per heavy atom. The minimum atomic E-state index is -1.66. The number of benzene rings is 1. The Hall–Kier alpha value is -2.95. The quantitative estimate of drug-likeness (QED) is 0.174. The monoisotopic (exact) mass is 624 g/mol. The van der Waals surface area contributed by atoms with Crippen molar-refractivity contribution < 1.29 is 19.1 Å². The number of aromatic amines is 2. The normalized spacial score (nSPS) is 15.7. The molecule has 41 heavy (non-hydrogen) atoms. The zero-order valence-corrected chi connectivity index (χ0v) is 25.6. The van der Waals surface area contributed by atoms with Crippen LogP contribution in [0.1, 0.15) is 64.1 Å². The van der Waals surface area contributed by atoms with Gasteiger partial charge in [0.25, 0.3) is 0 Å². The molecule has 0 aliphatic carbocycles. The third kappa shape index (κ3) is 9.28. The second kappa shape index (κ2) is 13.4. The number of nitrogens with one attached hydrogen (secondary N) is 3. The molecule has 1 aliphatic heterocycles. The number of alkyl carbamates (subject to hydrolysis) is 1. The van der Waals surface area contributed by atoms with E-state index >= 15 is 0 Å². The number of alkyl halides is 3. The molecule has 1 aliphatic rings. The van der Waals surface area contributed by atoms with E-state index in [0.29, 0.717) is 18.9 Å². The number of imidazole rings is 2. The second-order valence-corrected chi connectivity index (χ2v) is 13.4. The number of ether oxygens (including phenoxy) is 2. The number of likely N-dealkylation sites (tertiary alicyclic amines) is 1. The van der Waals surface area contributed by atoms with E-state index in [4.69, 9.17) is 54.2 Å². The fourth-order valence-corrected chi connectivity index (χ4v) is 4.69. The van der Waals surface area contributed by atoms with Gasteiger partial charge in [-0.1, -0.05) is 59.1 Å². The zero-order valence-electron chi connectivity index (χ0n) is 23.3. The van der Waals surface area contributed by atoms with Crippen LogP contribution < -0.4 is 5.32 Å². The van der Waals surface area contributed by atoms with Gasteiger partial charge < -0.3 is 24.8 Å². The number of unbranched alkanes of at least 4 members (excludes halogenated alkanes) is 1. The van der Waals surface area contributed by atoms with Gasteiger partial charge in [0.1, 0.15) is 23.9 Å². The highest BCUT2D eigenvalue weighted by Crippen LogP contribution is 2.33. The van der Waals surface area contributed by atoms with Gasteiger partial charge in [-0.15, -0.1) is 0 Å². The van der Waals surface area contributed by atoms with Crippen LogP contribution in [0.4, 0.5) is 9.59 Å². The van der Waals surface area contributed by atoms with Gasteiger partial charge in [-0.25, -0.2) is 19.6 Å². The largest absolute Gasteiger partial charge is 0.445 e. The summed E-state index contributed by atoms with van der Waals surface area (Å²) < 4.78 is 8.75. The summed E-state index contributed by atoms with van der Waals surface area (Å²) in [4.78, 5) is 41.8. The van der Waals surface area contributed by atoms with Gasteiger partial charge in [0.15, 0.2) is 0 Å². The Kier molecular flexibility index (Phi) is 10.1. The standard InChI is InChI=1S/C28H35Cl3N6O4/c1-27(2,3)41-25(38)32-13-5-4-8-23-33-15-20(35-23)18-9-11-19(12-10-18)21-16-34-24(36-21)22-7-6-14-37(22)26(39)40-17-28(29,30)31/h9-12,15-16,22H,4-8,13-14,17H2,1-3H3,(H,32,38)(H,33,35)(H,34,36)/t22-/m0/s1. The minimum Gasteiger partial charge on any atom is -0.445 e. The highest BCUT2D eigenvalue weighted by atomic mass is 35.6. The summed E-state index contributed by atoms with van der Waals surface area (Å²) >= 11 is 17.1. The fourth-order valence-electron chi connectivity index (χ4n) is 4.52. The highest BCUT2D eigenvalue weighted by molar-refractivity contribution is 6.67. The van der Waals surface area contributed by atoms with Crippen LogP contribution in [0.5, 0.6) is 0 Å². The smallest absolute Gasteiger partial charge is 0.410 e. The Morgan fingerprint density at radius 3 is 2.34 bits per heavy atom. The van der Waals surface area contributed by atoms with Crippen molar-refractivity contribution in [3.05, 3.63) is 48.3 Å². The third-order valence-electron chi connectivity index (χ3n) is 6.38. The van der Waals surface area contributed by atoms with E-state index in [2.05, 4.69) is 15.3 Å². The van der Waals surface area contributed by atoms with Crippen molar-refractivity contribution in [2.75, 3.05) is 19.7 Å². The van der Waals surface area contributed by atoms with Gasteiger partial charge in [-0.3, -0.25) is 4.90 Å². The van der Waals surface area contributed by atoms with Crippen LogP contribution in [0.2, 0.25) is 0 Å². The topological polar surface area (TPSA) is 125 Å². The van der Waals surface area contributed by atoms with E-state index in [9.17, 15) is 9.59 Å². The van der Waals surface area contributed by atoms with E-state index < -0.39 is 21.6 Å². The number of carbonyl (C=O) groups is 2. The van der Waals surface area contributed by atoms with Crippen molar-refractivity contribution in [1.82, 2.24) is 30.2 Å². The van der Waals surface area contributed by atoms with E-state index in [1.807, 2.05) is 57.4 Å². The number of aromatic nitrogens is 4. The average molecular weight is 626 g/mol. The van der Waals surface area contributed by atoms with Gasteiger partial charge in [0, 0.05) is 43.0 Å². The molecule has 1 aromatic carbocycles. The first kappa shape index (κ1) is 31.0. The molecule has 0 radical (unpaired) electrons. The number of halogens is 3. The van der Waals surface area contributed by atoms with E-state index in [1.54, 1.807) is 4.90 Å². The molecule has 3 heterocycles. The first-order valence-electron chi connectivity index (χ1n) is 13.6. The van der Waals surface area contributed by atoms with Crippen molar-refractivity contribution >= 4 is 47.0 Å². The Labute approximate surface area is 254 Å². The maximum Gasteiger partial charge on any atom is 0.410 e. The Bertz CT molecular complexity index is 1310. The van der Waals surface area contributed by atoms with Gasteiger partial charge in [0.2, 0.25) is 3.79 Å². The first-order valence-corrected chi connectivity index (χ1v) is 14.7. The number of carbonyl (C=O) groups excluding carboxylic acids is 2. The van der Waals surface area contributed by atoms with Crippen LogP contribution in [-0.4, -0.2) is 66.1 Å². The average Bonchev–Trinajstić information content (AvgIpc) is 3.66. The summed E-state index contributed by atoms with van der Waals surface area (Å²) in [6, 6.07) is 7.76. The summed E-state index contributed by atoms with van der Waals surface area (Å²) in [5, 5.41) is 2.77. The lowest BCUT2D eigenvalue weighted by atomic mass is 10.1. The summed E-state index contributed by atoms with van der Waals surface area (Å²) in [5.74, 6) is 1.58. The summed E-state index contributed by atoms with van der Waals surface area (Å²) in [6.45, 7) is 6.30. The molecule has 13 heteroatoms. The SMILES string of the molecule is CC(C)(C)OC(=O)NCCCCc1nc(-c2ccc(-c3c[nH]c([C@@H]4CCCN4C(=O)OCC(Cl)(Cl)Cl)n3)cc2)c[nH]1. The van der Waals surface area contributed by atoms with Crippen molar-refractivity contribution in [3.63, 3.8) is 0 Å². The molecule has 3 aromatic rings. The second-order valence-electron chi connectivity index (χ2n) is 10.9. The molecule has 1 saturated heterocycles. The molecule has 2 amide bonds. The Morgan fingerprint density at radius 1 is 1.02 bits per heavy atom. The van der Waals surface area contributed by atoms with Gasteiger partial charge in [-0.05, 0) is 46.5 Å². The summed E-state index contributed by atoms with van der Waals surface area (Å²) in [7, 11) is 0. The molecule has 1 atom stereocenters. The lowest BCUT2D eigenvalue weighted by molar-refractivity contribution is 0.0527. The van der Waals surface area contributed by atoms with Crippen molar-refractivity contribution in [2.45, 2.75) is 68.3 Å². The molecule has 222 valence electrons. The summed E-state index contributed by atoms with van der Waals surface area (Å²) in [6.07, 6.45) is 6.87. The fraction of sp³-hybridized carbons (Fsp3) is 0.500. The van der Waals surface area contributed by atoms with E-state index in [-0.39, 0.29) is 12.6 Å². The number of hydrogen-bond donors (Lipinski definition) is 3. The number of aryl methyl sites for hydroxylation is 1. The van der Waals surface area contributed by atoms with Crippen LogP contribution in [0.15, 0.2) is 36.7 Å². The van der Waals surface area contributed by atoms with Crippen LogP contribution in [-0.2, 0) is 15.9 Å². The number of nitrogens with zero attached hydrogens (tertiary/aromatic N) is 3. The van der Waals surface area contributed by atoms with E-state index in [1.165, 1.54) is 0 Å². The molecule has 0 unspecified atom stereocenters. The highest BCUT2D eigenvalue weighted by Gasteiger charge is 2.34. The lowest BCUT2D eigenvalue weighted by Gasteiger charge is -2.23. The third-order valence-corrected chi connectivity index (χ3v) is 6.70. The minimum absolute atomic E-state index is 0.235. The van der Waals surface area contributed by atoms with Crippen LogP contribution in [0.3, 0.4) is 0 Å². The maximum atomic E-state index is 12.5. The number of H-pyrrole nitrogens is 2. The van der Waals surface area contributed by atoms with Gasteiger partial charge >= 0.3 is 12.2 Å². The van der Waals surface area contributed by atoms with Crippen molar-refractivity contribution in [2.24, 2.45) is 0 Å². The number of rotatable bonds is 9. The summed E-state index contributed by atoms with van der Waals surface area (Å²) in [5.41, 5.74) is 3.05. The van der Waals surface area contributed by atoms with Crippen LogP contribution >= 0.6 is 34.8 Å². The molecule has 0 spiro atoms. The van der Waals surface area contributed by atoms with Crippen molar-refractivity contribution in [3.8, 4) is 22.5 Å². The predicted molar refractivity (Wildman–Crippen MR) is 159 cm³/mol. The molecule has 4 rings (SSSR count). The van der Waals surface area contributed by atoms with Crippen molar-refractivity contribution in [1.29, 1.82) is 0 Å². The Balaban J connectivity index is 1.28. The van der Waals surface area contributed by atoms with Gasteiger partial charge in [0.05, 0.1) is 17.4 Å². The molecule has 0 saturated carbocycles. The van der Waals surface area contributed by atoms with Crippen LogP contribution in [0, 0.1) is 0 Å². The molecule has 10 nitrogen and oxygen atoms in total. The molecular weight excluding hydrogens is 591 g/mol. The molecule has 0 bridgehead atoms. The zero-order chi connectivity index (χ0) is 29.6. The predicted octanol–water partition coefficient (Wildman–Crippen LogP) is 6.96. The molecule has 1 fully saturated rings.